The lowest BCUT2D eigenvalue weighted by Crippen LogP contribution is -2.14. The van der Waals surface area contributed by atoms with Gasteiger partial charge in [-0.05, 0) is 77.9 Å². The molecule has 2 aliphatic heterocycles. The lowest BCUT2D eigenvalue weighted by atomic mass is 9.92. The summed E-state index contributed by atoms with van der Waals surface area (Å²) in [5.74, 6) is -0.530. The summed E-state index contributed by atoms with van der Waals surface area (Å²) in [7, 11) is 0. The molecule has 0 spiro atoms. The molecular formula is C22H30O5. The summed E-state index contributed by atoms with van der Waals surface area (Å²) in [6.07, 6.45) is 8.71. The molecule has 0 amide bonds. The van der Waals surface area contributed by atoms with E-state index in [0.29, 0.717) is 30.6 Å². The first-order valence-electron chi connectivity index (χ1n) is 9.96. The van der Waals surface area contributed by atoms with Gasteiger partial charge in [0.25, 0.3) is 0 Å². The molecule has 0 aromatic carbocycles. The highest BCUT2D eigenvalue weighted by molar-refractivity contribution is 5.92. The van der Waals surface area contributed by atoms with E-state index in [-0.39, 0.29) is 29.7 Å². The van der Waals surface area contributed by atoms with Crippen LogP contribution in [0.4, 0.5) is 0 Å². The van der Waals surface area contributed by atoms with Gasteiger partial charge in [-0.25, -0.2) is 9.59 Å². The smallest absolute Gasteiger partial charge is 0.334 e. The number of ether oxygens (including phenoxy) is 3. The van der Waals surface area contributed by atoms with Crippen LogP contribution in [0.5, 0.6) is 0 Å². The first-order valence-corrected chi connectivity index (χ1v) is 9.96. The van der Waals surface area contributed by atoms with E-state index in [2.05, 4.69) is 13.8 Å². The third-order valence-corrected chi connectivity index (χ3v) is 5.87. The Labute approximate surface area is 161 Å². The number of rotatable bonds is 2. The zero-order chi connectivity index (χ0) is 19.6. The number of carbonyl (C=O) groups is 2. The van der Waals surface area contributed by atoms with Gasteiger partial charge in [0.05, 0.1) is 18.3 Å². The molecule has 0 aromatic heterocycles. The standard InChI is InChI=1S/C22H30O5/c1-5-25-21(24)16-7-6-12-22(4)19(27-22)11-8-14(2)13-18-17(10-9-16)15(3)20(23)26-18/h7,13,18-19H,5-6,8-12H2,1-4H3/b14-13+,16-7+/t18-,19-,22-/m0/s1. The molecule has 148 valence electrons. The van der Waals surface area contributed by atoms with E-state index in [9.17, 15) is 9.59 Å². The zero-order valence-electron chi connectivity index (χ0n) is 16.8. The first-order chi connectivity index (χ1) is 12.8. The van der Waals surface area contributed by atoms with E-state index >= 15 is 0 Å². The summed E-state index contributed by atoms with van der Waals surface area (Å²) < 4.78 is 16.7. The Morgan fingerprint density at radius 1 is 1.30 bits per heavy atom. The number of esters is 2. The van der Waals surface area contributed by atoms with E-state index < -0.39 is 0 Å². The molecule has 0 unspecified atom stereocenters. The van der Waals surface area contributed by atoms with Gasteiger partial charge in [0.1, 0.15) is 6.10 Å². The monoisotopic (exact) mass is 374 g/mol. The van der Waals surface area contributed by atoms with Crippen LogP contribution in [0, 0.1) is 0 Å². The van der Waals surface area contributed by atoms with Crippen LogP contribution >= 0.6 is 0 Å². The predicted octanol–water partition coefficient (Wildman–Crippen LogP) is 4.18. The van der Waals surface area contributed by atoms with Crippen molar-refractivity contribution in [3.8, 4) is 0 Å². The van der Waals surface area contributed by atoms with Crippen LogP contribution in [0.3, 0.4) is 0 Å². The second kappa shape index (κ2) is 8.01. The molecular weight excluding hydrogens is 344 g/mol. The average molecular weight is 374 g/mol. The van der Waals surface area contributed by atoms with E-state index in [0.717, 1.165) is 31.3 Å². The highest BCUT2D eigenvalue weighted by Crippen LogP contribution is 2.44. The Morgan fingerprint density at radius 3 is 2.81 bits per heavy atom. The van der Waals surface area contributed by atoms with Gasteiger partial charge < -0.3 is 14.2 Å². The van der Waals surface area contributed by atoms with Gasteiger partial charge in [-0.1, -0.05) is 11.6 Å². The normalized spacial score (nSPS) is 35.6. The fourth-order valence-electron chi connectivity index (χ4n) is 3.97. The summed E-state index contributed by atoms with van der Waals surface area (Å²) in [5, 5.41) is 0. The summed E-state index contributed by atoms with van der Waals surface area (Å²) in [6.45, 7) is 8.19. The minimum atomic E-state index is -0.324. The Bertz CT molecular complexity index is 714. The van der Waals surface area contributed by atoms with Crippen molar-refractivity contribution in [3.05, 3.63) is 34.4 Å². The largest absolute Gasteiger partial charge is 0.463 e. The van der Waals surface area contributed by atoms with Gasteiger partial charge in [0.2, 0.25) is 0 Å². The molecule has 0 bridgehead atoms. The summed E-state index contributed by atoms with van der Waals surface area (Å²) in [4.78, 5) is 24.4. The number of fused-ring (bicyclic) bond motifs is 2. The maximum Gasteiger partial charge on any atom is 0.334 e. The highest BCUT2D eigenvalue weighted by Gasteiger charge is 2.50. The number of hydrogen-bond acceptors (Lipinski definition) is 5. The molecule has 3 rings (SSSR count). The second-order valence-corrected chi connectivity index (χ2v) is 7.94. The van der Waals surface area contributed by atoms with Crippen molar-refractivity contribution in [2.75, 3.05) is 6.61 Å². The van der Waals surface area contributed by atoms with Gasteiger partial charge in [0, 0.05) is 11.1 Å². The van der Waals surface area contributed by atoms with Crippen LogP contribution in [0.25, 0.3) is 0 Å². The number of carbonyl (C=O) groups excluding carboxylic acids is 2. The molecule has 5 nitrogen and oxygen atoms in total. The van der Waals surface area contributed by atoms with Crippen LogP contribution in [0.2, 0.25) is 0 Å². The number of epoxide rings is 1. The molecule has 1 fully saturated rings. The predicted molar refractivity (Wildman–Crippen MR) is 102 cm³/mol. The van der Waals surface area contributed by atoms with Gasteiger partial charge in [-0.15, -0.1) is 0 Å². The molecule has 0 N–H and O–H groups in total. The average Bonchev–Trinajstić information content (AvgIpc) is 3.19. The van der Waals surface area contributed by atoms with Crippen molar-refractivity contribution in [3.63, 3.8) is 0 Å². The van der Waals surface area contributed by atoms with E-state index in [1.165, 1.54) is 5.57 Å². The molecule has 27 heavy (non-hydrogen) atoms. The van der Waals surface area contributed by atoms with Crippen LogP contribution < -0.4 is 0 Å². The quantitative estimate of drug-likeness (QED) is 0.412. The maximum atomic E-state index is 12.4. The molecule has 1 aliphatic carbocycles. The van der Waals surface area contributed by atoms with Gasteiger partial charge in [-0.3, -0.25) is 0 Å². The van der Waals surface area contributed by atoms with Gasteiger partial charge in [-0.2, -0.15) is 0 Å². The highest BCUT2D eigenvalue weighted by atomic mass is 16.6. The first kappa shape index (κ1) is 19.9. The third kappa shape index (κ3) is 4.52. The lowest BCUT2D eigenvalue weighted by molar-refractivity contribution is -0.139. The van der Waals surface area contributed by atoms with Crippen molar-refractivity contribution >= 4 is 11.9 Å². The van der Waals surface area contributed by atoms with Crippen molar-refractivity contribution < 1.29 is 23.8 Å². The molecule has 2 heterocycles. The van der Waals surface area contributed by atoms with E-state index in [1.807, 2.05) is 19.1 Å². The van der Waals surface area contributed by atoms with Crippen LogP contribution in [0.1, 0.15) is 66.2 Å². The molecule has 0 saturated carbocycles. The van der Waals surface area contributed by atoms with Crippen LogP contribution in [0.15, 0.2) is 34.4 Å². The Morgan fingerprint density at radius 2 is 2.07 bits per heavy atom. The minimum absolute atomic E-state index is 0.0951. The van der Waals surface area contributed by atoms with Crippen LogP contribution in [-0.2, 0) is 23.8 Å². The molecule has 0 radical (unpaired) electrons. The second-order valence-electron chi connectivity index (χ2n) is 7.94. The van der Waals surface area contributed by atoms with Crippen molar-refractivity contribution in [1.82, 2.24) is 0 Å². The molecule has 3 aliphatic rings. The Hall–Kier alpha value is -1.88. The van der Waals surface area contributed by atoms with Crippen molar-refractivity contribution in [2.24, 2.45) is 0 Å². The maximum absolute atomic E-state index is 12.4. The summed E-state index contributed by atoms with van der Waals surface area (Å²) in [6, 6.07) is 0. The lowest BCUT2D eigenvalue weighted by Gasteiger charge is -2.14. The third-order valence-electron chi connectivity index (χ3n) is 5.87. The molecule has 3 atom stereocenters. The fraction of sp³-hybridized carbons (Fsp3) is 0.636. The number of hydrogen-bond donors (Lipinski definition) is 0. The SMILES string of the molecule is CCOC(=O)/C1=C/CC[C@]2(C)O[C@H]2CC/C(C)=C/[C@@H]2OC(=O)C(C)=C2CC1. The Balaban J connectivity index is 1.85. The molecule has 5 heteroatoms. The minimum Gasteiger partial charge on any atom is -0.463 e. The topological polar surface area (TPSA) is 65.1 Å². The molecule has 0 aromatic rings. The van der Waals surface area contributed by atoms with Crippen LogP contribution in [-0.4, -0.2) is 36.4 Å². The summed E-state index contributed by atoms with van der Waals surface area (Å²) >= 11 is 0. The zero-order valence-corrected chi connectivity index (χ0v) is 16.8. The van der Waals surface area contributed by atoms with Crippen molar-refractivity contribution in [1.29, 1.82) is 0 Å². The molecule has 1 saturated heterocycles. The van der Waals surface area contributed by atoms with Gasteiger partial charge >= 0.3 is 11.9 Å². The van der Waals surface area contributed by atoms with Crippen molar-refractivity contribution in [2.45, 2.75) is 84.0 Å². The fourth-order valence-corrected chi connectivity index (χ4v) is 3.97. The Kier molecular flexibility index (Phi) is 5.89. The van der Waals surface area contributed by atoms with E-state index in [4.69, 9.17) is 14.2 Å². The summed E-state index contributed by atoms with van der Waals surface area (Å²) in [5.41, 5.74) is 3.42. The number of allylic oxidation sites excluding steroid dienone is 2. The van der Waals surface area contributed by atoms with Gasteiger partial charge in [0.15, 0.2) is 0 Å². The van der Waals surface area contributed by atoms with E-state index in [1.54, 1.807) is 6.92 Å².